The van der Waals surface area contributed by atoms with Crippen LogP contribution in [0.5, 0.6) is 11.5 Å². The molecule has 0 bridgehead atoms. The highest BCUT2D eigenvalue weighted by Gasteiger charge is 2.33. The average molecular weight is 497 g/mol. The molecular formula is C27H22F3NO5. The summed E-state index contributed by atoms with van der Waals surface area (Å²) in [5, 5.41) is 9.11. The van der Waals surface area contributed by atoms with Crippen molar-refractivity contribution in [2.75, 3.05) is 4.90 Å². The molecule has 0 saturated carbocycles. The number of nitrogens with zero attached hydrogens (tertiary/aromatic N) is 1. The van der Waals surface area contributed by atoms with Gasteiger partial charge in [-0.2, -0.15) is 0 Å². The topological polar surface area (TPSA) is 76.1 Å². The van der Waals surface area contributed by atoms with Crippen LogP contribution in [0.2, 0.25) is 0 Å². The lowest BCUT2D eigenvalue weighted by molar-refractivity contribution is -0.274. The summed E-state index contributed by atoms with van der Waals surface area (Å²) < 4.78 is 47.2. The summed E-state index contributed by atoms with van der Waals surface area (Å²) in [5.41, 5.74) is 4.78. The number of carbonyl (C=O) groups excluding carboxylic acids is 1. The quantitative estimate of drug-likeness (QED) is 0.445. The number of alkyl halides is 3. The first-order chi connectivity index (χ1) is 17.2. The van der Waals surface area contributed by atoms with Gasteiger partial charge >= 0.3 is 12.3 Å². The van der Waals surface area contributed by atoms with Gasteiger partial charge in [0.15, 0.2) is 0 Å². The van der Waals surface area contributed by atoms with Crippen molar-refractivity contribution in [1.29, 1.82) is 0 Å². The Labute approximate surface area is 204 Å². The maximum atomic E-state index is 13.0. The Bertz CT molecular complexity index is 1320. The molecule has 3 aromatic carbocycles. The van der Waals surface area contributed by atoms with Crippen LogP contribution in [-0.4, -0.2) is 23.3 Å². The van der Waals surface area contributed by atoms with Gasteiger partial charge in [0, 0.05) is 11.3 Å². The third kappa shape index (κ3) is 4.86. The van der Waals surface area contributed by atoms with Gasteiger partial charge in [0.05, 0.1) is 13.0 Å². The number of hydrogen-bond donors (Lipinski definition) is 1. The zero-order chi connectivity index (χ0) is 25.4. The van der Waals surface area contributed by atoms with Crippen LogP contribution in [0.1, 0.15) is 51.4 Å². The molecule has 0 saturated heterocycles. The molecule has 186 valence electrons. The molecule has 5 rings (SSSR count). The van der Waals surface area contributed by atoms with Crippen LogP contribution in [0.15, 0.2) is 60.7 Å². The number of ether oxygens (including phenoxy) is 2. The normalized spacial score (nSPS) is 16.6. The van der Waals surface area contributed by atoms with E-state index in [-0.39, 0.29) is 37.1 Å². The highest BCUT2D eigenvalue weighted by atomic mass is 19.4. The summed E-state index contributed by atoms with van der Waals surface area (Å²) in [5.74, 6) is -0.703. The Morgan fingerprint density at radius 2 is 1.81 bits per heavy atom. The summed E-state index contributed by atoms with van der Waals surface area (Å²) in [6.45, 7) is 0.508. The minimum atomic E-state index is -4.78. The van der Waals surface area contributed by atoms with E-state index in [0.717, 1.165) is 35.1 Å². The van der Waals surface area contributed by atoms with E-state index in [9.17, 15) is 22.8 Å². The molecule has 1 aliphatic carbocycles. The van der Waals surface area contributed by atoms with E-state index in [1.807, 2.05) is 24.3 Å². The predicted molar refractivity (Wildman–Crippen MR) is 124 cm³/mol. The van der Waals surface area contributed by atoms with Gasteiger partial charge in [-0.3, -0.25) is 9.59 Å². The molecule has 0 spiro atoms. The Kier molecular flexibility index (Phi) is 6.07. The number of rotatable bonds is 7. The van der Waals surface area contributed by atoms with E-state index < -0.39 is 12.3 Å². The standard InChI is InChI=1S/C27H22F3NO5/c28-27(29,30)36-20-8-6-19(7-9-20)31-14-24-18(2-1-3-23(24)26(31)34)15-35-21-10-11-22-16(12-21)4-5-17(22)13-25(32)33/h1-3,6-12,17H,4-5,13-15H2,(H,32,33)/t17-/m0/s1. The second kappa shape index (κ2) is 9.22. The van der Waals surface area contributed by atoms with E-state index in [4.69, 9.17) is 9.84 Å². The molecule has 2 aliphatic rings. The van der Waals surface area contributed by atoms with Crippen molar-refractivity contribution >= 4 is 17.6 Å². The van der Waals surface area contributed by atoms with Crippen molar-refractivity contribution in [3.05, 3.63) is 88.5 Å². The van der Waals surface area contributed by atoms with Gasteiger partial charge in [0.25, 0.3) is 5.91 Å². The first kappa shape index (κ1) is 23.7. The van der Waals surface area contributed by atoms with E-state index >= 15 is 0 Å². The number of aryl methyl sites for hydroxylation is 1. The molecule has 1 amide bonds. The zero-order valence-electron chi connectivity index (χ0n) is 19.0. The minimum Gasteiger partial charge on any atom is -0.489 e. The van der Waals surface area contributed by atoms with Crippen molar-refractivity contribution in [2.45, 2.75) is 44.7 Å². The molecular weight excluding hydrogens is 475 g/mol. The summed E-state index contributed by atoms with van der Waals surface area (Å²) in [6, 6.07) is 16.3. The fourth-order valence-electron chi connectivity index (χ4n) is 4.92. The van der Waals surface area contributed by atoms with Gasteiger partial charge < -0.3 is 19.5 Å². The number of benzene rings is 3. The maximum absolute atomic E-state index is 13.0. The van der Waals surface area contributed by atoms with Crippen LogP contribution in [0.4, 0.5) is 18.9 Å². The lowest BCUT2D eigenvalue weighted by Gasteiger charge is -2.17. The van der Waals surface area contributed by atoms with E-state index in [1.54, 1.807) is 12.1 Å². The monoisotopic (exact) mass is 497 g/mol. The van der Waals surface area contributed by atoms with Gasteiger partial charge in [0.1, 0.15) is 18.1 Å². The second-order valence-electron chi connectivity index (χ2n) is 8.86. The van der Waals surface area contributed by atoms with Crippen LogP contribution in [-0.2, 0) is 24.4 Å². The molecule has 0 fully saturated rings. The molecule has 6 nitrogen and oxygen atoms in total. The third-order valence-electron chi connectivity index (χ3n) is 6.58. The molecule has 1 N–H and O–H groups in total. The van der Waals surface area contributed by atoms with Crippen LogP contribution < -0.4 is 14.4 Å². The summed E-state index contributed by atoms with van der Waals surface area (Å²) in [6.07, 6.45) is -3.05. The fourth-order valence-corrected chi connectivity index (χ4v) is 4.92. The predicted octanol–water partition coefficient (Wildman–Crippen LogP) is 5.83. The molecule has 1 atom stereocenters. The number of aliphatic carboxylic acids is 1. The highest BCUT2D eigenvalue weighted by Crippen LogP contribution is 2.38. The number of fused-ring (bicyclic) bond motifs is 2. The highest BCUT2D eigenvalue weighted by molar-refractivity contribution is 6.10. The molecule has 9 heteroatoms. The molecule has 1 aliphatic heterocycles. The SMILES string of the molecule is O=C(O)C[C@@H]1CCc2cc(OCc3cccc4c3CN(c3ccc(OC(F)(F)F)cc3)C4=O)ccc21. The maximum Gasteiger partial charge on any atom is 0.573 e. The number of carboxylic acids is 1. The van der Waals surface area contributed by atoms with Crippen molar-refractivity contribution in [1.82, 2.24) is 0 Å². The number of halogens is 3. The number of carboxylic acid groups (broad SMARTS) is 1. The third-order valence-corrected chi connectivity index (χ3v) is 6.58. The Balaban J connectivity index is 1.29. The van der Waals surface area contributed by atoms with Gasteiger partial charge in [-0.25, -0.2) is 0 Å². The molecule has 0 unspecified atom stereocenters. The zero-order valence-corrected chi connectivity index (χ0v) is 19.0. The van der Waals surface area contributed by atoms with Crippen LogP contribution in [0, 0.1) is 0 Å². The molecule has 1 heterocycles. The summed E-state index contributed by atoms with van der Waals surface area (Å²) in [7, 11) is 0. The van der Waals surface area contributed by atoms with Crippen molar-refractivity contribution in [3.8, 4) is 11.5 Å². The van der Waals surface area contributed by atoms with E-state index in [1.165, 1.54) is 29.2 Å². The molecule has 0 aromatic heterocycles. The first-order valence-electron chi connectivity index (χ1n) is 11.4. The average Bonchev–Trinajstić information content (AvgIpc) is 3.38. The largest absolute Gasteiger partial charge is 0.573 e. The lowest BCUT2D eigenvalue weighted by Crippen LogP contribution is -2.23. The summed E-state index contributed by atoms with van der Waals surface area (Å²) in [4.78, 5) is 25.6. The number of hydrogen-bond acceptors (Lipinski definition) is 4. The van der Waals surface area contributed by atoms with E-state index in [2.05, 4.69) is 4.74 Å². The Morgan fingerprint density at radius 3 is 2.53 bits per heavy atom. The number of carbonyl (C=O) groups is 2. The van der Waals surface area contributed by atoms with Crippen LogP contribution >= 0.6 is 0 Å². The van der Waals surface area contributed by atoms with Gasteiger partial charge in [-0.05, 0) is 83.5 Å². The van der Waals surface area contributed by atoms with Gasteiger partial charge in [-0.1, -0.05) is 18.2 Å². The lowest BCUT2D eigenvalue weighted by atomic mass is 9.98. The Hall–Kier alpha value is -4.01. The molecule has 36 heavy (non-hydrogen) atoms. The van der Waals surface area contributed by atoms with Crippen molar-refractivity contribution < 1.29 is 37.3 Å². The minimum absolute atomic E-state index is 0.0232. The first-order valence-corrected chi connectivity index (χ1v) is 11.4. The van der Waals surface area contributed by atoms with Crippen molar-refractivity contribution in [3.63, 3.8) is 0 Å². The van der Waals surface area contributed by atoms with E-state index in [0.29, 0.717) is 17.0 Å². The molecule has 0 radical (unpaired) electrons. The fraction of sp³-hybridized carbons (Fsp3) is 0.259. The van der Waals surface area contributed by atoms with Crippen LogP contribution in [0.25, 0.3) is 0 Å². The number of anilines is 1. The van der Waals surface area contributed by atoms with Gasteiger partial charge in [-0.15, -0.1) is 13.2 Å². The summed E-state index contributed by atoms with van der Waals surface area (Å²) >= 11 is 0. The Morgan fingerprint density at radius 1 is 1.06 bits per heavy atom. The van der Waals surface area contributed by atoms with Crippen LogP contribution in [0.3, 0.4) is 0 Å². The second-order valence-corrected chi connectivity index (χ2v) is 8.86. The number of amides is 1. The smallest absolute Gasteiger partial charge is 0.489 e. The van der Waals surface area contributed by atoms with Crippen molar-refractivity contribution in [2.24, 2.45) is 0 Å². The van der Waals surface area contributed by atoms with Gasteiger partial charge in [0.2, 0.25) is 0 Å². The molecule has 3 aromatic rings.